The zero-order chi connectivity index (χ0) is 54.7. The Morgan fingerprint density at radius 3 is 0.865 bits per heavy atom. The Morgan fingerprint density at radius 1 is 0.297 bits per heavy atom. The predicted molar refractivity (Wildman–Crippen MR) is 317 cm³/mol. The summed E-state index contributed by atoms with van der Waals surface area (Å²) in [4.78, 5) is 0. The molecule has 0 aliphatic carbocycles. The number of benzene rings is 6. The molecule has 0 bridgehead atoms. The SMILES string of the molecule is Cc1cc(C(C)(C)C)c2op(Oc3c(C)cc(C(C)(C)C)cc3-c3cc(C(C)(C)C)cc(C)c3Op3oc4c(C)cc(C(C)(C)C)cc4c4cc(C(C)(C)C)cc(C)c4o3)oc3c(C(C)(C)C)cc(C)cc3c2c1. The Kier molecular flexibility index (Phi) is 13.9. The summed E-state index contributed by atoms with van der Waals surface area (Å²) in [7, 11) is -4.16. The van der Waals surface area contributed by atoms with Crippen LogP contribution in [0.5, 0.6) is 11.5 Å². The van der Waals surface area contributed by atoms with Gasteiger partial charge in [-0.15, -0.1) is 0 Å². The van der Waals surface area contributed by atoms with Crippen LogP contribution in [0.3, 0.4) is 0 Å². The number of rotatable bonds is 5. The van der Waals surface area contributed by atoms with Crippen LogP contribution in [-0.2, 0) is 32.5 Å². The second-order valence-electron chi connectivity index (χ2n) is 27.6. The molecule has 2 heterocycles. The maximum Gasteiger partial charge on any atom is 0.453 e. The fourth-order valence-electron chi connectivity index (χ4n) is 9.93. The largest absolute Gasteiger partial charge is 0.453 e. The lowest BCUT2D eigenvalue weighted by atomic mass is 9.81. The van der Waals surface area contributed by atoms with Gasteiger partial charge in [0.2, 0.25) is 0 Å². The molecule has 6 aromatic carbocycles. The Bertz CT molecular complexity index is 3450. The molecule has 0 aliphatic heterocycles. The van der Waals surface area contributed by atoms with Crippen molar-refractivity contribution in [2.45, 2.75) is 199 Å². The topological polar surface area (TPSA) is 71.0 Å². The van der Waals surface area contributed by atoms with Crippen LogP contribution in [0.1, 0.15) is 191 Å². The van der Waals surface area contributed by atoms with E-state index < -0.39 is 16.5 Å². The van der Waals surface area contributed by atoms with E-state index in [1.54, 1.807) is 0 Å². The minimum atomic E-state index is -2.10. The molecule has 0 unspecified atom stereocenters. The summed E-state index contributed by atoms with van der Waals surface area (Å²) >= 11 is 0. The maximum absolute atomic E-state index is 7.47. The molecule has 0 N–H and O–H groups in total. The van der Waals surface area contributed by atoms with Gasteiger partial charge in [-0.25, -0.2) is 0 Å². The van der Waals surface area contributed by atoms with Crippen molar-refractivity contribution in [3.8, 4) is 22.6 Å². The standard InChI is InChI=1S/C66H84O6P2/c1-37-25-47-48-26-38(2)28-54(66(22,23)24)60(48)72-74(71-59(47)53(27-37)65(19,20)21)70-58-42(6)32-46(64(16,17)18)36-52(58)51-35-45(63(13,14)15)31-41(5)57(51)69-73-67-55-39(3)29-43(61(7,8)9)33-49(55)50-34-44(62(10,11)12)30-40(4)56(50)68-73/h25-36H,1-24H3. The van der Waals surface area contributed by atoms with Gasteiger partial charge in [0.1, 0.15) is 33.8 Å². The fourth-order valence-corrected chi connectivity index (χ4v) is 12.4. The number of hydrogen-bond acceptors (Lipinski definition) is 6. The van der Waals surface area contributed by atoms with E-state index in [1.807, 2.05) is 0 Å². The summed E-state index contributed by atoms with van der Waals surface area (Å²) in [5.41, 5.74) is 17.1. The zero-order valence-corrected chi connectivity index (χ0v) is 51.1. The molecule has 74 heavy (non-hydrogen) atoms. The maximum atomic E-state index is 7.47. The third-order valence-electron chi connectivity index (χ3n) is 14.5. The summed E-state index contributed by atoms with van der Waals surface area (Å²) in [5, 5.41) is 4.06. The summed E-state index contributed by atoms with van der Waals surface area (Å²) in [5.74, 6) is 1.33. The highest BCUT2D eigenvalue weighted by Crippen LogP contribution is 2.52. The third kappa shape index (κ3) is 10.9. The molecule has 0 aliphatic rings. The van der Waals surface area contributed by atoms with E-state index in [0.29, 0.717) is 11.5 Å². The average Bonchev–Trinajstić information content (AvgIpc) is 3.50. The van der Waals surface area contributed by atoms with Crippen molar-refractivity contribution in [3.05, 3.63) is 140 Å². The Labute approximate surface area is 444 Å². The van der Waals surface area contributed by atoms with Gasteiger partial charge in [0.15, 0.2) is 0 Å². The second kappa shape index (κ2) is 18.8. The Balaban J connectivity index is 1.48. The first-order chi connectivity index (χ1) is 33.9. The molecule has 0 atom stereocenters. The molecule has 6 nitrogen and oxygen atoms in total. The van der Waals surface area contributed by atoms with Gasteiger partial charge < -0.3 is 25.8 Å². The molecule has 0 fully saturated rings. The first-order valence-electron chi connectivity index (χ1n) is 26.5. The molecule has 8 heteroatoms. The van der Waals surface area contributed by atoms with Gasteiger partial charge in [0.05, 0.1) is 0 Å². The fraction of sp³-hybridized carbons (Fsp3) is 0.455. The van der Waals surface area contributed by atoms with E-state index in [9.17, 15) is 0 Å². The number of aryl methyl sites for hydroxylation is 6. The predicted octanol–water partition coefficient (Wildman–Crippen LogP) is 21.9. The van der Waals surface area contributed by atoms with Gasteiger partial charge in [-0.1, -0.05) is 161 Å². The van der Waals surface area contributed by atoms with E-state index in [2.05, 4.69) is 239 Å². The molecule has 0 saturated heterocycles. The van der Waals surface area contributed by atoms with Gasteiger partial charge in [-0.2, -0.15) is 0 Å². The molecular weight excluding hydrogens is 951 g/mol. The smallest absolute Gasteiger partial charge is 0.390 e. The van der Waals surface area contributed by atoms with Gasteiger partial charge in [-0.3, -0.25) is 0 Å². The molecule has 0 saturated carbocycles. The molecule has 2 aromatic heterocycles. The van der Waals surface area contributed by atoms with Crippen LogP contribution in [0.4, 0.5) is 0 Å². The van der Waals surface area contributed by atoms with Crippen molar-refractivity contribution in [3.63, 3.8) is 0 Å². The van der Waals surface area contributed by atoms with E-state index in [1.165, 1.54) is 11.1 Å². The van der Waals surface area contributed by atoms with Crippen molar-refractivity contribution in [2.75, 3.05) is 0 Å². The van der Waals surface area contributed by atoms with Crippen molar-refractivity contribution in [1.29, 1.82) is 0 Å². The van der Waals surface area contributed by atoms with E-state index in [-0.39, 0.29) is 32.5 Å². The Morgan fingerprint density at radius 2 is 0.568 bits per heavy atom. The molecule has 8 rings (SSSR count). The highest BCUT2D eigenvalue weighted by Gasteiger charge is 2.30. The van der Waals surface area contributed by atoms with Gasteiger partial charge in [0.25, 0.3) is 0 Å². The van der Waals surface area contributed by atoms with E-state index >= 15 is 0 Å². The minimum absolute atomic E-state index is 0.0892. The first kappa shape index (κ1) is 55.0. The first-order valence-corrected chi connectivity index (χ1v) is 28.7. The lowest BCUT2D eigenvalue weighted by Gasteiger charge is -2.26. The summed E-state index contributed by atoms with van der Waals surface area (Å²) < 4.78 is 43.7. The van der Waals surface area contributed by atoms with Crippen molar-refractivity contribution >= 4 is 60.4 Å². The molecule has 394 valence electrons. The van der Waals surface area contributed by atoms with Gasteiger partial charge >= 0.3 is 16.5 Å². The van der Waals surface area contributed by atoms with Crippen LogP contribution in [0.15, 0.2) is 89.6 Å². The quantitative estimate of drug-likeness (QED) is 0.171. The summed E-state index contributed by atoms with van der Waals surface area (Å²) in [6.07, 6.45) is 0. The lowest BCUT2D eigenvalue weighted by Crippen LogP contribution is -2.13. The molecule has 0 amide bonds. The average molecular weight is 1040 g/mol. The highest BCUT2D eigenvalue weighted by atomic mass is 31.1. The molecular formula is C66H84O6P2. The number of hydrogen-bond donors (Lipinski definition) is 0. The second-order valence-corrected chi connectivity index (χ2v) is 29.5. The monoisotopic (exact) mass is 1030 g/mol. The lowest BCUT2D eigenvalue weighted by molar-refractivity contribution is 0.484. The summed E-state index contributed by atoms with van der Waals surface area (Å²) in [6.45, 7) is 53.4. The van der Waals surface area contributed by atoms with Gasteiger partial charge in [0, 0.05) is 43.8 Å². The molecule has 8 aromatic rings. The van der Waals surface area contributed by atoms with Crippen LogP contribution in [0.2, 0.25) is 0 Å². The van der Waals surface area contributed by atoms with Crippen LogP contribution < -0.4 is 9.05 Å². The van der Waals surface area contributed by atoms with Crippen LogP contribution in [-0.4, -0.2) is 0 Å². The van der Waals surface area contributed by atoms with Crippen molar-refractivity contribution in [1.82, 2.24) is 0 Å². The van der Waals surface area contributed by atoms with Gasteiger partial charge in [-0.05, 0) is 166 Å². The highest BCUT2D eigenvalue weighted by molar-refractivity contribution is 7.32. The van der Waals surface area contributed by atoms with Crippen LogP contribution >= 0.6 is 16.5 Å². The summed E-state index contributed by atoms with van der Waals surface area (Å²) in [6, 6.07) is 27.1. The minimum Gasteiger partial charge on any atom is -0.390 e. The zero-order valence-electron chi connectivity index (χ0n) is 49.3. The third-order valence-corrected chi connectivity index (χ3v) is 16.5. The van der Waals surface area contributed by atoms with E-state index in [4.69, 9.17) is 25.8 Å². The van der Waals surface area contributed by atoms with Crippen molar-refractivity contribution < 1.29 is 25.8 Å². The van der Waals surface area contributed by atoms with Crippen LogP contribution in [0, 0.1) is 41.5 Å². The van der Waals surface area contributed by atoms with Crippen molar-refractivity contribution in [2.24, 2.45) is 0 Å². The Hall–Kier alpha value is -5.28. The van der Waals surface area contributed by atoms with Crippen LogP contribution in [0.25, 0.3) is 55.0 Å². The number of fused-ring (bicyclic) bond motifs is 6. The molecule has 0 spiro atoms. The normalized spacial score (nSPS) is 13.1. The van der Waals surface area contributed by atoms with E-state index in [0.717, 1.165) is 111 Å². The molecule has 0 radical (unpaired) electrons.